The van der Waals surface area contributed by atoms with Crippen LogP contribution in [0.5, 0.6) is 0 Å². The highest BCUT2D eigenvalue weighted by atomic mass is 14.2. The summed E-state index contributed by atoms with van der Waals surface area (Å²) < 4.78 is 0. The van der Waals surface area contributed by atoms with E-state index in [0.29, 0.717) is 0 Å². The molecule has 0 atom stereocenters. The van der Waals surface area contributed by atoms with Crippen LogP contribution in [0, 0.1) is 0 Å². The third kappa shape index (κ3) is 2.70. The monoisotopic (exact) mass is 454 g/mol. The largest absolute Gasteiger partial charge is 0.0616 e. The lowest BCUT2D eigenvalue weighted by Crippen LogP contribution is -1.82. The zero-order valence-corrected chi connectivity index (χ0v) is 19.7. The van der Waals surface area contributed by atoms with Crippen molar-refractivity contribution in [1.82, 2.24) is 0 Å². The Bertz CT molecular complexity index is 1960. The minimum atomic E-state index is 1.32. The first-order valence-electron chi connectivity index (χ1n) is 12.5. The quantitative estimate of drug-likeness (QED) is 0.158. The lowest BCUT2D eigenvalue weighted by atomic mass is 9.95. The molecule has 0 spiro atoms. The van der Waals surface area contributed by atoms with Gasteiger partial charge < -0.3 is 0 Å². The van der Waals surface area contributed by atoms with E-state index in [2.05, 4.69) is 133 Å². The predicted octanol–water partition coefficient (Wildman–Crippen LogP) is 10.2. The first-order valence-corrected chi connectivity index (χ1v) is 12.5. The van der Waals surface area contributed by atoms with Gasteiger partial charge in [-0.2, -0.15) is 0 Å². The van der Waals surface area contributed by atoms with E-state index in [-0.39, 0.29) is 0 Å². The van der Waals surface area contributed by atoms with Gasteiger partial charge in [0.1, 0.15) is 0 Å². The maximum atomic E-state index is 2.31. The molecule has 0 radical (unpaired) electrons. The van der Waals surface area contributed by atoms with Crippen LogP contribution < -0.4 is 0 Å². The summed E-state index contributed by atoms with van der Waals surface area (Å²) in [6.07, 6.45) is 0. The summed E-state index contributed by atoms with van der Waals surface area (Å²) in [5.41, 5.74) is 5.52. The summed E-state index contributed by atoms with van der Waals surface area (Å²) >= 11 is 0. The van der Waals surface area contributed by atoms with Crippen molar-refractivity contribution in [3.8, 4) is 22.3 Å². The molecule has 0 N–H and O–H groups in total. The third-order valence-corrected chi connectivity index (χ3v) is 7.77. The second-order valence-electron chi connectivity index (χ2n) is 9.71. The number of fused-ring (bicyclic) bond motifs is 5. The average molecular weight is 455 g/mol. The Morgan fingerprint density at radius 2 is 0.750 bits per heavy atom. The molecule has 0 nitrogen and oxygen atoms in total. The van der Waals surface area contributed by atoms with E-state index in [1.807, 2.05) is 0 Å². The lowest BCUT2D eigenvalue weighted by Gasteiger charge is -2.09. The third-order valence-electron chi connectivity index (χ3n) is 7.77. The molecule has 1 aliphatic carbocycles. The van der Waals surface area contributed by atoms with Gasteiger partial charge in [0.25, 0.3) is 0 Å². The van der Waals surface area contributed by atoms with E-state index in [1.165, 1.54) is 76.1 Å². The van der Waals surface area contributed by atoms with E-state index in [1.54, 1.807) is 0 Å². The van der Waals surface area contributed by atoms with E-state index in [4.69, 9.17) is 0 Å². The zero-order valence-electron chi connectivity index (χ0n) is 19.7. The first kappa shape index (κ1) is 19.6. The van der Waals surface area contributed by atoms with E-state index >= 15 is 0 Å². The standard InChI is InChI=1S/C20H12.C16H10/c1-2-8-15-13(6-1)12-14-7-5-11-17-16-9-3-4-10-18(16)20(15)19(14)17;1-3-11-7-9-13-5-2-6-14-10-8-12(4-1)15(11)16(13)14/h1-12H;1-10H. The molecule has 0 heterocycles. The van der Waals surface area contributed by atoms with E-state index < -0.39 is 0 Å². The maximum Gasteiger partial charge on any atom is -0.00143 e. The van der Waals surface area contributed by atoms with Gasteiger partial charge in [0.05, 0.1) is 0 Å². The number of hydrogen-bond acceptors (Lipinski definition) is 0. The summed E-state index contributed by atoms with van der Waals surface area (Å²) in [5, 5.41) is 13.6. The highest BCUT2D eigenvalue weighted by Gasteiger charge is 2.22. The molecule has 36 heavy (non-hydrogen) atoms. The van der Waals surface area contributed by atoms with Crippen molar-refractivity contribution in [1.29, 1.82) is 0 Å². The Balaban J connectivity index is 0.000000117. The van der Waals surface area contributed by atoms with E-state index in [0.717, 1.165) is 0 Å². The fourth-order valence-electron chi connectivity index (χ4n) is 6.23. The Kier molecular flexibility index (Phi) is 4.03. The molecule has 1 aliphatic rings. The molecule has 166 valence electrons. The molecular formula is C36H22. The smallest absolute Gasteiger partial charge is 0.00143 e. The van der Waals surface area contributed by atoms with Crippen molar-refractivity contribution in [3.63, 3.8) is 0 Å². The van der Waals surface area contributed by atoms with Crippen LogP contribution in [0.4, 0.5) is 0 Å². The Labute approximate surface area is 209 Å². The summed E-state index contributed by atoms with van der Waals surface area (Å²) in [7, 11) is 0. The summed E-state index contributed by atoms with van der Waals surface area (Å²) in [6.45, 7) is 0. The van der Waals surface area contributed by atoms with E-state index in [9.17, 15) is 0 Å². The highest BCUT2D eigenvalue weighted by molar-refractivity contribution is 6.24. The first-order chi connectivity index (χ1) is 17.9. The van der Waals surface area contributed by atoms with Gasteiger partial charge in [-0.15, -0.1) is 0 Å². The molecule has 0 aliphatic heterocycles. The molecule has 0 saturated carbocycles. The van der Waals surface area contributed by atoms with Crippen molar-refractivity contribution in [2.24, 2.45) is 0 Å². The lowest BCUT2D eigenvalue weighted by molar-refractivity contribution is 1.70. The molecule has 0 aromatic heterocycles. The van der Waals surface area contributed by atoms with Gasteiger partial charge in [-0.05, 0) is 82.2 Å². The predicted molar refractivity (Wildman–Crippen MR) is 156 cm³/mol. The zero-order chi connectivity index (χ0) is 23.6. The molecule has 0 amide bonds. The number of hydrogen-bond donors (Lipinski definition) is 0. The van der Waals surface area contributed by atoms with Gasteiger partial charge in [-0.1, -0.05) is 127 Å². The Morgan fingerprint density at radius 3 is 1.42 bits per heavy atom. The molecule has 8 aromatic carbocycles. The minimum absolute atomic E-state index is 1.32. The van der Waals surface area contributed by atoms with Crippen molar-refractivity contribution < 1.29 is 0 Å². The number of rotatable bonds is 0. The van der Waals surface area contributed by atoms with Crippen LogP contribution in [0.1, 0.15) is 0 Å². The fraction of sp³-hybridized carbons (Fsp3) is 0. The molecular weight excluding hydrogens is 432 g/mol. The number of benzene rings is 8. The maximum absolute atomic E-state index is 2.31. The van der Waals surface area contributed by atoms with Crippen LogP contribution in [0.25, 0.3) is 76.1 Å². The summed E-state index contributed by atoms with van der Waals surface area (Å²) in [5.74, 6) is 0. The summed E-state index contributed by atoms with van der Waals surface area (Å²) in [4.78, 5) is 0. The van der Waals surface area contributed by atoms with Crippen molar-refractivity contribution in [2.45, 2.75) is 0 Å². The van der Waals surface area contributed by atoms with Crippen molar-refractivity contribution in [2.75, 3.05) is 0 Å². The van der Waals surface area contributed by atoms with Crippen molar-refractivity contribution >= 4 is 53.9 Å². The molecule has 0 saturated heterocycles. The van der Waals surface area contributed by atoms with Gasteiger partial charge in [0.15, 0.2) is 0 Å². The molecule has 8 aromatic rings. The van der Waals surface area contributed by atoms with Crippen LogP contribution in [0.3, 0.4) is 0 Å². The van der Waals surface area contributed by atoms with Gasteiger partial charge in [-0.25, -0.2) is 0 Å². The Morgan fingerprint density at radius 1 is 0.278 bits per heavy atom. The van der Waals surface area contributed by atoms with Crippen molar-refractivity contribution in [3.05, 3.63) is 133 Å². The van der Waals surface area contributed by atoms with Crippen LogP contribution in [-0.4, -0.2) is 0 Å². The minimum Gasteiger partial charge on any atom is -0.0616 e. The molecule has 0 heteroatoms. The molecule has 0 unspecified atom stereocenters. The SMILES string of the molecule is c1cc2ccc3cccc4ccc(c1)c2c34.c1ccc2c(c1)-c1cccc3cc4ccccc4c-2c13. The average Bonchev–Trinajstić information content (AvgIpc) is 3.29. The second-order valence-corrected chi connectivity index (χ2v) is 9.71. The normalized spacial score (nSPS) is 11.9. The fourth-order valence-corrected chi connectivity index (χ4v) is 6.23. The molecule has 9 rings (SSSR count). The van der Waals surface area contributed by atoms with Gasteiger partial charge >= 0.3 is 0 Å². The molecule has 0 fully saturated rings. The van der Waals surface area contributed by atoms with Crippen LogP contribution in [0.15, 0.2) is 133 Å². The van der Waals surface area contributed by atoms with Crippen LogP contribution >= 0.6 is 0 Å². The summed E-state index contributed by atoms with van der Waals surface area (Å²) in [6, 6.07) is 48.2. The van der Waals surface area contributed by atoms with Crippen LogP contribution in [-0.2, 0) is 0 Å². The van der Waals surface area contributed by atoms with Gasteiger partial charge in [0, 0.05) is 0 Å². The van der Waals surface area contributed by atoms with Gasteiger partial charge in [0.2, 0.25) is 0 Å². The Hall–Kier alpha value is -4.68. The van der Waals surface area contributed by atoms with Crippen LogP contribution in [0.2, 0.25) is 0 Å². The highest BCUT2D eigenvalue weighted by Crippen LogP contribution is 2.50. The van der Waals surface area contributed by atoms with Gasteiger partial charge in [-0.3, -0.25) is 0 Å². The topological polar surface area (TPSA) is 0 Å². The second kappa shape index (κ2) is 7.41. The molecule has 0 bridgehead atoms.